The van der Waals surface area contributed by atoms with Gasteiger partial charge in [0.1, 0.15) is 0 Å². The van der Waals surface area contributed by atoms with E-state index in [2.05, 4.69) is 29.8 Å². The van der Waals surface area contributed by atoms with Crippen molar-refractivity contribution in [1.82, 2.24) is 10.2 Å². The summed E-state index contributed by atoms with van der Waals surface area (Å²) < 4.78 is 0. The number of likely N-dealkylation sites (tertiary alicyclic amines) is 1. The first-order chi connectivity index (χ1) is 8.65. The van der Waals surface area contributed by atoms with E-state index in [1.54, 1.807) is 6.92 Å². The number of thiophene rings is 1. The quantitative estimate of drug-likeness (QED) is 0.907. The molecule has 1 atom stereocenters. The minimum absolute atomic E-state index is 0.208. The molecule has 1 fully saturated rings. The molecule has 100 valence electrons. The van der Waals surface area contributed by atoms with Gasteiger partial charge in [0.2, 0.25) is 5.91 Å². The lowest BCUT2D eigenvalue weighted by Gasteiger charge is -2.33. The molecule has 0 aromatic carbocycles. The number of nitrogens with one attached hydrogen (secondary N) is 1. The molecule has 1 amide bonds. The molecule has 3 nitrogen and oxygen atoms in total. The summed E-state index contributed by atoms with van der Waals surface area (Å²) in [6, 6.07) is 5.38. The van der Waals surface area contributed by atoms with E-state index in [0.717, 1.165) is 32.4 Å². The van der Waals surface area contributed by atoms with E-state index in [1.807, 2.05) is 16.2 Å². The summed E-state index contributed by atoms with van der Waals surface area (Å²) in [5, 5.41) is 5.82. The maximum absolute atomic E-state index is 11.2. The van der Waals surface area contributed by atoms with Gasteiger partial charge in [0, 0.05) is 37.0 Å². The zero-order valence-corrected chi connectivity index (χ0v) is 12.0. The van der Waals surface area contributed by atoms with E-state index in [9.17, 15) is 4.79 Å². The second-order valence-corrected chi connectivity index (χ2v) is 6.16. The molecule has 1 saturated heterocycles. The van der Waals surface area contributed by atoms with Gasteiger partial charge in [-0.2, -0.15) is 0 Å². The lowest BCUT2D eigenvalue weighted by atomic mass is 10.0. The van der Waals surface area contributed by atoms with Gasteiger partial charge in [0.15, 0.2) is 0 Å². The zero-order chi connectivity index (χ0) is 13.0. The maximum Gasteiger partial charge on any atom is 0.219 e. The van der Waals surface area contributed by atoms with Crippen LogP contribution in [0.1, 0.15) is 31.6 Å². The number of rotatable bonds is 4. The van der Waals surface area contributed by atoms with Gasteiger partial charge in [-0.3, -0.25) is 4.79 Å². The molecule has 1 aliphatic heterocycles. The molecule has 0 bridgehead atoms. The molecule has 1 aromatic rings. The van der Waals surface area contributed by atoms with Crippen LogP contribution in [-0.4, -0.2) is 36.0 Å². The number of nitrogens with zero attached hydrogens (tertiary/aromatic N) is 1. The van der Waals surface area contributed by atoms with Crippen molar-refractivity contribution in [3.05, 3.63) is 22.4 Å². The number of carbonyl (C=O) groups is 1. The van der Waals surface area contributed by atoms with Gasteiger partial charge in [-0.05, 0) is 37.6 Å². The van der Waals surface area contributed by atoms with E-state index in [-0.39, 0.29) is 5.91 Å². The largest absolute Gasteiger partial charge is 0.343 e. The zero-order valence-electron chi connectivity index (χ0n) is 11.2. The molecular formula is C14H22N2OS. The third-order valence-electron chi connectivity index (χ3n) is 3.55. The van der Waals surface area contributed by atoms with E-state index >= 15 is 0 Å². The molecule has 18 heavy (non-hydrogen) atoms. The van der Waals surface area contributed by atoms with Gasteiger partial charge in [0.05, 0.1) is 0 Å². The average Bonchev–Trinajstić information content (AvgIpc) is 2.82. The third kappa shape index (κ3) is 3.82. The highest BCUT2D eigenvalue weighted by molar-refractivity contribution is 7.09. The summed E-state index contributed by atoms with van der Waals surface area (Å²) in [6.07, 6.45) is 3.26. The Hall–Kier alpha value is -0.870. The molecule has 2 heterocycles. The summed E-state index contributed by atoms with van der Waals surface area (Å²) >= 11 is 1.82. The smallest absolute Gasteiger partial charge is 0.219 e. The first-order valence-electron chi connectivity index (χ1n) is 6.69. The molecule has 1 aliphatic rings. The van der Waals surface area contributed by atoms with Crippen LogP contribution < -0.4 is 5.32 Å². The Morgan fingerprint density at radius 3 is 2.83 bits per heavy atom. The van der Waals surface area contributed by atoms with Gasteiger partial charge in [-0.25, -0.2) is 0 Å². The average molecular weight is 266 g/mol. The predicted octanol–water partition coefficient (Wildman–Crippen LogP) is 2.28. The van der Waals surface area contributed by atoms with Crippen molar-refractivity contribution in [3.8, 4) is 0 Å². The molecule has 1 N–H and O–H groups in total. The van der Waals surface area contributed by atoms with E-state index < -0.39 is 0 Å². The van der Waals surface area contributed by atoms with Crippen LogP contribution in [0.3, 0.4) is 0 Å². The molecule has 0 aliphatic carbocycles. The molecule has 1 unspecified atom stereocenters. The number of amides is 1. The van der Waals surface area contributed by atoms with E-state index in [1.165, 1.54) is 4.88 Å². The van der Waals surface area contributed by atoms with E-state index in [4.69, 9.17) is 0 Å². The third-order valence-corrected chi connectivity index (χ3v) is 4.45. The molecule has 4 heteroatoms. The van der Waals surface area contributed by atoms with Crippen molar-refractivity contribution < 1.29 is 4.79 Å². The second-order valence-electron chi connectivity index (χ2n) is 5.13. The highest BCUT2D eigenvalue weighted by atomic mass is 32.1. The van der Waals surface area contributed by atoms with Crippen molar-refractivity contribution in [1.29, 1.82) is 0 Å². The van der Waals surface area contributed by atoms with Crippen molar-refractivity contribution in [3.63, 3.8) is 0 Å². The van der Waals surface area contributed by atoms with Crippen molar-refractivity contribution in [2.75, 3.05) is 13.1 Å². The fraction of sp³-hybridized carbons (Fsp3) is 0.643. The SMILES string of the molecule is CC(=O)N1CCC(NC(C)Cc2cccs2)CC1. The van der Waals surface area contributed by atoms with Crippen molar-refractivity contribution in [2.45, 2.75) is 45.2 Å². The van der Waals surface area contributed by atoms with Crippen LogP contribution in [0, 0.1) is 0 Å². The van der Waals surface area contributed by atoms with Crippen LogP contribution in [0.4, 0.5) is 0 Å². The van der Waals surface area contributed by atoms with Crippen LogP contribution in [0.25, 0.3) is 0 Å². The van der Waals surface area contributed by atoms with Crippen LogP contribution >= 0.6 is 11.3 Å². The topological polar surface area (TPSA) is 32.3 Å². The molecule has 0 saturated carbocycles. The van der Waals surface area contributed by atoms with Gasteiger partial charge < -0.3 is 10.2 Å². The van der Waals surface area contributed by atoms with Gasteiger partial charge in [-0.15, -0.1) is 11.3 Å². The predicted molar refractivity (Wildman–Crippen MR) is 75.9 cm³/mol. The molecular weight excluding hydrogens is 244 g/mol. The highest BCUT2D eigenvalue weighted by Crippen LogP contribution is 2.14. The normalized spacial score (nSPS) is 18.9. The highest BCUT2D eigenvalue weighted by Gasteiger charge is 2.21. The maximum atomic E-state index is 11.2. The Balaban J connectivity index is 1.72. The van der Waals surface area contributed by atoms with Gasteiger partial charge in [0.25, 0.3) is 0 Å². The Morgan fingerprint density at radius 2 is 2.28 bits per heavy atom. The number of piperidine rings is 1. The van der Waals surface area contributed by atoms with Crippen LogP contribution in [-0.2, 0) is 11.2 Å². The minimum atomic E-state index is 0.208. The summed E-state index contributed by atoms with van der Waals surface area (Å²) in [5.74, 6) is 0.208. The first kappa shape index (κ1) is 13.6. The summed E-state index contributed by atoms with van der Waals surface area (Å²) in [7, 11) is 0. The van der Waals surface area contributed by atoms with Crippen LogP contribution in [0.5, 0.6) is 0 Å². The number of hydrogen-bond donors (Lipinski definition) is 1. The van der Waals surface area contributed by atoms with Gasteiger partial charge >= 0.3 is 0 Å². The molecule has 2 rings (SSSR count). The summed E-state index contributed by atoms with van der Waals surface area (Å²) in [4.78, 5) is 14.6. The monoisotopic (exact) mass is 266 g/mol. The minimum Gasteiger partial charge on any atom is -0.343 e. The molecule has 0 radical (unpaired) electrons. The van der Waals surface area contributed by atoms with Crippen molar-refractivity contribution >= 4 is 17.2 Å². The standard InChI is InChI=1S/C14H22N2OS/c1-11(10-14-4-3-9-18-14)15-13-5-7-16(8-6-13)12(2)17/h3-4,9,11,13,15H,5-8,10H2,1-2H3. The number of carbonyl (C=O) groups excluding carboxylic acids is 1. The Bertz CT molecular complexity index is 369. The Morgan fingerprint density at radius 1 is 1.56 bits per heavy atom. The lowest BCUT2D eigenvalue weighted by Crippen LogP contribution is -2.47. The van der Waals surface area contributed by atoms with Crippen LogP contribution in [0.2, 0.25) is 0 Å². The van der Waals surface area contributed by atoms with Crippen LogP contribution in [0.15, 0.2) is 17.5 Å². The first-order valence-corrected chi connectivity index (χ1v) is 7.57. The van der Waals surface area contributed by atoms with Crippen molar-refractivity contribution in [2.24, 2.45) is 0 Å². The fourth-order valence-corrected chi connectivity index (χ4v) is 3.39. The summed E-state index contributed by atoms with van der Waals surface area (Å²) in [6.45, 7) is 5.71. The lowest BCUT2D eigenvalue weighted by molar-refractivity contribution is -0.129. The Kier molecular flexibility index (Phi) is 4.78. The fourth-order valence-electron chi connectivity index (χ4n) is 2.55. The summed E-state index contributed by atoms with van der Waals surface area (Å²) in [5.41, 5.74) is 0. The Labute approximate surface area is 113 Å². The molecule has 1 aromatic heterocycles. The second kappa shape index (κ2) is 6.34. The number of hydrogen-bond acceptors (Lipinski definition) is 3. The van der Waals surface area contributed by atoms with E-state index in [0.29, 0.717) is 12.1 Å². The van der Waals surface area contributed by atoms with Gasteiger partial charge in [-0.1, -0.05) is 6.07 Å². The molecule has 0 spiro atoms.